The molecule has 23 heavy (non-hydrogen) atoms. The highest BCUT2D eigenvalue weighted by Crippen LogP contribution is 2.05. The molecule has 122 valence electrons. The number of carbonyl (C=O) groups is 1. The fraction of sp³-hybridized carbons (Fsp3) is 0.312. The van der Waals surface area contributed by atoms with Crippen LogP contribution in [0.25, 0.3) is 0 Å². The third-order valence-electron chi connectivity index (χ3n) is 2.98. The Morgan fingerprint density at radius 1 is 1.43 bits per heavy atom. The molecule has 2 aromatic rings. The molecule has 1 N–H and O–H groups in total. The molecule has 0 atom stereocenters. The lowest BCUT2D eigenvalue weighted by atomic mass is 10.2. The molecule has 0 bridgehead atoms. The summed E-state index contributed by atoms with van der Waals surface area (Å²) >= 11 is 0. The highest BCUT2D eigenvalue weighted by molar-refractivity contribution is 5.87. The van der Waals surface area contributed by atoms with Crippen molar-refractivity contribution < 1.29 is 9.18 Å². The molecule has 0 saturated heterocycles. The Labute approximate surface area is 134 Å². The van der Waals surface area contributed by atoms with E-state index >= 15 is 0 Å². The second-order valence-corrected chi connectivity index (χ2v) is 5.37. The van der Waals surface area contributed by atoms with Gasteiger partial charge in [-0.25, -0.2) is 14.1 Å². The summed E-state index contributed by atoms with van der Waals surface area (Å²) in [5.41, 5.74) is 0.803. The second-order valence-electron chi connectivity index (χ2n) is 5.37. The average molecular weight is 317 g/mol. The number of rotatable bonds is 7. The number of carbonyl (C=O) groups excluding carboxylic acids is 1. The maximum absolute atomic E-state index is 13.1. The Hall–Kier alpha value is -2.54. The molecule has 1 heterocycles. The van der Waals surface area contributed by atoms with Crippen molar-refractivity contribution in [1.82, 2.24) is 25.0 Å². The number of nitrogens with one attached hydrogen (secondary N) is 1. The second kappa shape index (κ2) is 8.19. The summed E-state index contributed by atoms with van der Waals surface area (Å²) in [4.78, 5) is 17.7. The molecular formula is C16H20FN5O. The molecular weight excluding hydrogens is 297 g/mol. The van der Waals surface area contributed by atoms with Crippen LogP contribution < -0.4 is 5.32 Å². The molecule has 6 nitrogen and oxygen atoms in total. The summed E-state index contributed by atoms with van der Waals surface area (Å²) in [6.07, 6.45) is 4.84. The number of amides is 1. The first-order valence-electron chi connectivity index (χ1n) is 7.25. The molecule has 0 aliphatic heterocycles. The van der Waals surface area contributed by atoms with Gasteiger partial charge in [-0.05, 0) is 31.8 Å². The topological polar surface area (TPSA) is 63.1 Å². The maximum Gasteiger partial charge on any atom is 0.244 e. The number of hydrogen-bond acceptors (Lipinski definition) is 4. The zero-order valence-corrected chi connectivity index (χ0v) is 13.2. The zero-order valence-electron chi connectivity index (χ0n) is 13.2. The predicted molar refractivity (Wildman–Crippen MR) is 85.1 cm³/mol. The van der Waals surface area contributed by atoms with Crippen LogP contribution >= 0.6 is 0 Å². The van der Waals surface area contributed by atoms with Gasteiger partial charge in [-0.15, -0.1) is 0 Å². The number of likely N-dealkylation sites (N-methyl/N-ethyl adjacent to an activating group) is 1. The summed E-state index contributed by atoms with van der Waals surface area (Å²) in [5.74, 6) is 0.0451. The average Bonchev–Trinajstić information content (AvgIpc) is 2.92. The van der Waals surface area contributed by atoms with Crippen molar-refractivity contribution in [2.24, 2.45) is 0 Å². The summed E-state index contributed by atoms with van der Waals surface area (Å²) < 4.78 is 14.7. The molecule has 0 aliphatic carbocycles. The van der Waals surface area contributed by atoms with Crippen LogP contribution in [-0.2, 0) is 17.9 Å². The number of aromatic nitrogens is 3. The standard InChI is InChI=1S/C16H20FN5O/c1-21(2)8-4-7-16(23)18-10-15-19-12-22(20-15)11-13-5-3-6-14(17)9-13/h3-7,9,12H,8,10-11H2,1-2H3,(H,18,23)/b7-4+. The Balaban J connectivity index is 1.83. The first kappa shape index (κ1) is 16.8. The zero-order chi connectivity index (χ0) is 16.7. The highest BCUT2D eigenvalue weighted by Gasteiger charge is 2.04. The van der Waals surface area contributed by atoms with E-state index in [0.29, 0.717) is 18.9 Å². The third kappa shape index (κ3) is 5.99. The van der Waals surface area contributed by atoms with Crippen molar-refractivity contribution in [2.75, 3.05) is 20.6 Å². The molecule has 0 saturated carbocycles. The van der Waals surface area contributed by atoms with Crippen molar-refractivity contribution in [3.05, 3.63) is 59.9 Å². The minimum Gasteiger partial charge on any atom is -0.345 e. The SMILES string of the molecule is CN(C)C/C=C/C(=O)NCc1ncn(Cc2cccc(F)c2)n1. The molecule has 0 fully saturated rings. The Kier molecular flexibility index (Phi) is 5.99. The lowest BCUT2D eigenvalue weighted by molar-refractivity contribution is -0.116. The molecule has 0 unspecified atom stereocenters. The first-order valence-corrected chi connectivity index (χ1v) is 7.25. The van der Waals surface area contributed by atoms with Gasteiger partial charge in [-0.1, -0.05) is 18.2 Å². The van der Waals surface area contributed by atoms with Crippen molar-refractivity contribution in [1.29, 1.82) is 0 Å². The fourth-order valence-electron chi connectivity index (χ4n) is 1.91. The van der Waals surface area contributed by atoms with Gasteiger partial charge in [0.25, 0.3) is 0 Å². The molecule has 2 rings (SSSR count). The van der Waals surface area contributed by atoms with E-state index in [0.717, 1.165) is 5.56 Å². The van der Waals surface area contributed by atoms with E-state index in [1.165, 1.54) is 18.2 Å². The van der Waals surface area contributed by atoms with E-state index in [1.807, 2.05) is 25.1 Å². The van der Waals surface area contributed by atoms with Gasteiger partial charge in [0.05, 0.1) is 13.1 Å². The highest BCUT2D eigenvalue weighted by atomic mass is 19.1. The van der Waals surface area contributed by atoms with Gasteiger partial charge in [-0.2, -0.15) is 5.10 Å². The van der Waals surface area contributed by atoms with Crippen LogP contribution in [0, 0.1) is 5.82 Å². The van der Waals surface area contributed by atoms with Gasteiger partial charge in [0.2, 0.25) is 5.91 Å². The van der Waals surface area contributed by atoms with Crippen molar-refractivity contribution in [3.8, 4) is 0 Å². The number of halogens is 1. The van der Waals surface area contributed by atoms with E-state index in [1.54, 1.807) is 23.2 Å². The summed E-state index contributed by atoms with van der Waals surface area (Å²) in [5, 5.41) is 6.97. The number of benzene rings is 1. The van der Waals surface area contributed by atoms with E-state index in [9.17, 15) is 9.18 Å². The molecule has 1 aromatic heterocycles. The molecule has 7 heteroatoms. The summed E-state index contributed by atoms with van der Waals surface area (Å²) in [7, 11) is 3.86. The lowest BCUT2D eigenvalue weighted by Crippen LogP contribution is -2.22. The van der Waals surface area contributed by atoms with Crippen molar-refractivity contribution >= 4 is 5.91 Å². The van der Waals surface area contributed by atoms with Crippen LogP contribution in [0.3, 0.4) is 0 Å². The third-order valence-corrected chi connectivity index (χ3v) is 2.98. The molecule has 1 amide bonds. The van der Waals surface area contributed by atoms with Gasteiger partial charge in [0.1, 0.15) is 12.1 Å². The first-order chi connectivity index (χ1) is 11.0. The van der Waals surface area contributed by atoms with E-state index in [4.69, 9.17) is 0 Å². The Morgan fingerprint density at radius 2 is 2.26 bits per heavy atom. The Bertz CT molecular complexity index is 681. The van der Waals surface area contributed by atoms with Crippen molar-refractivity contribution in [3.63, 3.8) is 0 Å². The van der Waals surface area contributed by atoms with Gasteiger partial charge in [-0.3, -0.25) is 4.79 Å². The van der Waals surface area contributed by atoms with E-state index in [2.05, 4.69) is 15.4 Å². The minimum absolute atomic E-state index is 0.187. The number of nitrogens with zero attached hydrogens (tertiary/aromatic N) is 4. The fourth-order valence-corrected chi connectivity index (χ4v) is 1.91. The normalized spacial score (nSPS) is 11.3. The molecule has 0 spiro atoms. The molecule has 1 aromatic carbocycles. The quantitative estimate of drug-likeness (QED) is 0.780. The van der Waals surface area contributed by atoms with Crippen LogP contribution in [0.15, 0.2) is 42.7 Å². The molecule has 0 radical (unpaired) electrons. The van der Waals surface area contributed by atoms with Crippen LogP contribution in [-0.4, -0.2) is 46.2 Å². The van der Waals surface area contributed by atoms with E-state index in [-0.39, 0.29) is 18.3 Å². The largest absolute Gasteiger partial charge is 0.345 e. The van der Waals surface area contributed by atoms with E-state index < -0.39 is 0 Å². The summed E-state index contributed by atoms with van der Waals surface area (Å²) in [6.45, 7) is 1.39. The minimum atomic E-state index is -0.278. The van der Waals surface area contributed by atoms with Gasteiger partial charge in [0, 0.05) is 12.6 Å². The smallest absolute Gasteiger partial charge is 0.244 e. The maximum atomic E-state index is 13.1. The lowest BCUT2D eigenvalue weighted by Gasteiger charge is -2.03. The van der Waals surface area contributed by atoms with Gasteiger partial charge < -0.3 is 10.2 Å². The predicted octanol–water partition coefficient (Wildman–Crippen LogP) is 1.20. The van der Waals surface area contributed by atoms with Crippen LogP contribution in [0.2, 0.25) is 0 Å². The summed E-state index contributed by atoms with van der Waals surface area (Å²) in [6, 6.07) is 6.33. The van der Waals surface area contributed by atoms with Gasteiger partial charge >= 0.3 is 0 Å². The van der Waals surface area contributed by atoms with Crippen molar-refractivity contribution in [2.45, 2.75) is 13.1 Å². The monoisotopic (exact) mass is 317 g/mol. The van der Waals surface area contributed by atoms with Crippen LogP contribution in [0.5, 0.6) is 0 Å². The Morgan fingerprint density at radius 3 is 3.00 bits per heavy atom. The van der Waals surface area contributed by atoms with Gasteiger partial charge in [0.15, 0.2) is 5.82 Å². The van der Waals surface area contributed by atoms with Crippen LogP contribution in [0.4, 0.5) is 4.39 Å². The van der Waals surface area contributed by atoms with Crippen LogP contribution in [0.1, 0.15) is 11.4 Å². The molecule has 0 aliphatic rings. The number of hydrogen-bond donors (Lipinski definition) is 1.